The number of rotatable bonds is 1. The first-order chi connectivity index (χ1) is 8.72. The highest BCUT2D eigenvalue weighted by Gasteiger charge is 2.49. The van der Waals surface area contributed by atoms with Crippen LogP contribution in [0.15, 0.2) is 10.9 Å². The molecule has 18 heavy (non-hydrogen) atoms. The summed E-state index contributed by atoms with van der Waals surface area (Å²) in [6.45, 7) is 0. The van der Waals surface area contributed by atoms with Crippen LogP contribution in [-0.4, -0.2) is 9.97 Å². The fourth-order valence-corrected chi connectivity index (χ4v) is 5.26. The summed E-state index contributed by atoms with van der Waals surface area (Å²) in [5.41, 5.74) is 0.672. The summed E-state index contributed by atoms with van der Waals surface area (Å²) in [5.74, 6) is 3.27. The molecule has 2 nitrogen and oxygen atoms in total. The van der Waals surface area contributed by atoms with Gasteiger partial charge in [-0.05, 0) is 71.7 Å². The maximum atomic E-state index is 14.2. The van der Waals surface area contributed by atoms with Crippen molar-refractivity contribution in [1.29, 1.82) is 0 Å². The Balaban J connectivity index is 1.74. The van der Waals surface area contributed by atoms with E-state index in [0.717, 1.165) is 11.8 Å². The highest BCUT2D eigenvalue weighted by atomic mass is 79.9. The lowest BCUT2D eigenvalue weighted by Crippen LogP contribution is -2.44. The van der Waals surface area contributed by atoms with Gasteiger partial charge >= 0.3 is 0 Å². The Kier molecular flexibility index (Phi) is 2.51. The van der Waals surface area contributed by atoms with Crippen molar-refractivity contribution >= 4 is 15.9 Å². The third-order valence-electron chi connectivity index (χ3n) is 5.32. The number of nitrogens with zero attached hydrogens (tertiary/aromatic N) is 2. The van der Waals surface area contributed by atoms with E-state index < -0.39 is 0 Å². The van der Waals surface area contributed by atoms with Gasteiger partial charge in [0.1, 0.15) is 10.9 Å². The predicted octanol–water partition coefficient (Wildman–Crippen LogP) is 3.92. The van der Waals surface area contributed by atoms with Gasteiger partial charge < -0.3 is 0 Å². The molecule has 4 saturated carbocycles. The van der Waals surface area contributed by atoms with Crippen molar-refractivity contribution in [3.8, 4) is 0 Å². The molecule has 4 aliphatic rings. The molecular formula is C14H16BrFN2. The minimum absolute atomic E-state index is 0.227. The molecule has 0 unspecified atom stereocenters. The normalized spacial score (nSPS) is 41.3. The molecule has 0 aromatic carbocycles. The van der Waals surface area contributed by atoms with Gasteiger partial charge in [0.25, 0.3) is 0 Å². The van der Waals surface area contributed by atoms with Crippen LogP contribution >= 0.6 is 15.9 Å². The molecule has 0 atom stereocenters. The van der Waals surface area contributed by atoms with Gasteiger partial charge in [-0.1, -0.05) is 0 Å². The van der Waals surface area contributed by atoms with Crippen molar-refractivity contribution in [3.63, 3.8) is 0 Å². The van der Waals surface area contributed by atoms with Crippen LogP contribution in [0.1, 0.15) is 43.7 Å². The molecule has 0 radical (unpaired) electrons. The van der Waals surface area contributed by atoms with Gasteiger partial charge in [0, 0.05) is 5.92 Å². The topological polar surface area (TPSA) is 25.8 Å². The van der Waals surface area contributed by atoms with Crippen LogP contribution in [0.2, 0.25) is 0 Å². The van der Waals surface area contributed by atoms with Crippen LogP contribution in [0.5, 0.6) is 0 Å². The second-order valence-corrected chi connectivity index (χ2v) is 7.07. The third-order valence-corrected chi connectivity index (χ3v) is 5.87. The fraction of sp³-hybridized carbons (Fsp3) is 0.714. The molecule has 1 aromatic rings. The van der Waals surface area contributed by atoms with Crippen LogP contribution in [0, 0.1) is 29.5 Å². The summed E-state index contributed by atoms with van der Waals surface area (Å²) >= 11 is 3.19. The zero-order valence-corrected chi connectivity index (χ0v) is 11.7. The highest BCUT2D eigenvalue weighted by Crippen LogP contribution is 2.59. The largest absolute Gasteiger partial charge is 0.238 e. The molecule has 0 saturated heterocycles. The monoisotopic (exact) mass is 310 g/mol. The minimum Gasteiger partial charge on any atom is -0.238 e. The Labute approximate surface area is 115 Å². The van der Waals surface area contributed by atoms with Gasteiger partial charge in [-0.2, -0.15) is 0 Å². The second kappa shape index (κ2) is 3.99. The maximum Gasteiger partial charge on any atom is 0.177 e. The lowest BCUT2D eigenvalue weighted by atomic mass is 9.51. The summed E-state index contributed by atoms with van der Waals surface area (Å²) in [4.78, 5) is 8.15. The van der Waals surface area contributed by atoms with Gasteiger partial charge in [0.05, 0.1) is 5.69 Å². The number of hydrogen-bond donors (Lipinski definition) is 0. The van der Waals surface area contributed by atoms with E-state index in [1.165, 1.54) is 38.4 Å². The molecular weight excluding hydrogens is 295 g/mol. The van der Waals surface area contributed by atoms with Crippen LogP contribution in [-0.2, 0) is 0 Å². The number of halogens is 2. The molecule has 1 heterocycles. The number of aromatic nitrogens is 2. The molecule has 4 aliphatic carbocycles. The van der Waals surface area contributed by atoms with Gasteiger partial charge in [-0.15, -0.1) is 0 Å². The highest BCUT2D eigenvalue weighted by molar-refractivity contribution is 9.10. The average Bonchev–Trinajstić information content (AvgIpc) is 2.33. The Bertz CT molecular complexity index is 463. The van der Waals surface area contributed by atoms with Crippen molar-refractivity contribution in [3.05, 3.63) is 22.4 Å². The molecule has 4 fully saturated rings. The SMILES string of the molecule is Fc1c(Br)ncnc1C1C2CC3CC(C2)CC1C3. The Morgan fingerprint density at radius 2 is 1.61 bits per heavy atom. The van der Waals surface area contributed by atoms with E-state index in [1.807, 2.05) is 0 Å². The first kappa shape index (κ1) is 11.3. The summed E-state index contributed by atoms with van der Waals surface area (Å²) in [6, 6.07) is 0. The average molecular weight is 311 g/mol. The zero-order valence-electron chi connectivity index (χ0n) is 10.1. The van der Waals surface area contributed by atoms with E-state index in [1.54, 1.807) is 0 Å². The van der Waals surface area contributed by atoms with Gasteiger partial charge in [-0.25, -0.2) is 14.4 Å². The number of hydrogen-bond acceptors (Lipinski definition) is 2. The summed E-state index contributed by atoms with van der Waals surface area (Å²) in [6.07, 6.45) is 8.08. The van der Waals surface area contributed by atoms with E-state index in [9.17, 15) is 4.39 Å². The van der Waals surface area contributed by atoms with Crippen LogP contribution in [0.3, 0.4) is 0 Å². The van der Waals surface area contributed by atoms with E-state index in [2.05, 4.69) is 25.9 Å². The molecule has 5 rings (SSSR count). The molecule has 0 spiro atoms. The van der Waals surface area contributed by atoms with Crippen molar-refractivity contribution in [2.24, 2.45) is 23.7 Å². The van der Waals surface area contributed by atoms with Crippen molar-refractivity contribution in [2.45, 2.75) is 38.0 Å². The molecule has 4 heteroatoms. The molecule has 0 amide bonds. The first-order valence-corrected chi connectivity index (χ1v) is 7.67. The second-order valence-electron chi connectivity index (χ2n) is 6.32. The van der Waals surface area contributed by atoms with E-state index >= 15 is 0 Å². The predicted molar refractivity (Wildman–Crippen MR) is 69.5 cm³/mol. The van der Waals surface area contributed by atoms with Gasteiger partial charge in [0.2, 0.25) is 0 Å². The standard InChI is InChI=1S/C14H16BrFN2/c15-14-12(16)13(17-6-18-14)11-9-2-7-1-8(4-9)5-10(11)3-7/h6-11H,1-5H2. The summed E-state index contributed by atoms with van der Waals surface area (Å²) < 4.78 is 14.6. The van der Waals surface area contributed by atoms with Gasteiger partial charge in [0.15, 0.2) is 5.82 Å². The van der Waals surface area contributed by atoms with Gasteiger partial charge in [-0.3, -0.25) is 0 Å². The first-order valence-electron chi connectivity index (χ1n) is 6.88. The van der Waals surface area contributed by atoms with Crippen LogP contribution in [0.4, 0.5) is 4.39 Å². The van der Waals surface area contributed by atoms with E-state index in [4.69, 9.17) is 0 Å². The lowest BCUT2D eigenvalue weighted by Gasteiger charge is -2.54. The Morgan fingerprint density at radius 1 is 1.00 bits per heavy atom. The quantitative estimate of drug-likeness (QED) is 0.735. The molecule has 4 bridgehead atoms. The van der Waals surface area contributed by atoms with Crippen molar-refractivity contribution in [2.75, 3.05) is 0 Å². The Morgan fingerprint density at radius 3 is 2.22 bits per heavy atom. The van der Waals surface area contributed by atoms with Crippen LogP contribution < -0.4 is 0 Å². The van der Waals surface area contributed by atoms with Crippen molar-refractivity contribution < 1.29 is 4.39 Å². The zero-order chi connectivity index (χ0) is 12.3. The fourth-order valence-electron chi connectivity index (χ4n) is 4.96. The summed E-state index contributed by atoms with van der Waals surface area (Å²) in [5, 5.41) is 0. The van der Waals surface area contributed by atoms with Crippen molar-refractivity contribution in [1.82, 2.24) is 9.97 Å². The smallest absolute Gasteiger partial charge is 0.177 e. The Hall–Kier alpha value is -0.510. The lowest BCUT2D eigenvalue weighted by molar-refractivity contribution is -0.00548. The minimum atomic E-state index is -0.227. The summed E-state index contributed by atoms with van der Waals surface area (Å²) in [7, 11) is 0. The van der Waals surface area contributed by atoms with E-state index in [-0.39, 0.29) is 5.82 Å². The molecule has 1 aromatic heterocycles. The van der Waals surface area contributed by atoms with E-state index in [0.29, 0.717) is 28.1 Å². The van der Waals surface area contributed by atoms with Crippen LogP contribution in [0.25, 0.3) is 0 Å². The molecule has 0 aliphatic heterocycles. The third kappa shape index (κ3) is 1.57. The maximum absolute atomic E-state index is 14.2. The molecule has 96 valence electrons. The molecule has 0 N–H and O–H groups in total.